The maximum atomic E-state index is 10.5. The normalized spacial score (nSPS) is 32.0. The monoisotopic (exact) mass is 253 g/mol. The lowest BCUT2D eigenvalue weighted by molar-refractivity contribution is -0.141. The van der Waals surface area contributed by atoms with Crippen molar-refractivity contribution in [1.29, 1.82) is 0 Å². The molecule has 0 saturated carbocycles. The number of allylic oxidation sites excluding steroid dienone is 1. The molecule has 0 aromatic carbocycles. The van der Waals surface area contributed by atoms with Gasteiger partial charge in [-0.15, -0.1) is 0 Å². The Labute approximate surface area is 72.4 Å². The number of hydrogen-bond donors (Lipinski definition) is 2. The van der Waals surface area contributed by atoms with Gasteiger partial charge in [-0.05, 0) is 45.1 Å². The Hall–Kier alpha value is -0.100. The van der Waals surface area contributed by atoms with Gasteiger partial charge in [0.2, 0.25) is 0 Å². The van der Waals surface area contributed by atoms with Crippen molar-refractivity contribution in [2.45, 2.75) is 18.4 Å². The van der Waals surface area contributed by atoms with Gasteiger partial charge >= 0.3 is 5.97 Å². The van der Waals surface area contributed by atoms with E-state index in [0.29, 0.717) is 6.42 Å². The van der Waals surface area contributed by atoms with Crippen LogP contribution < -0.4 is 5.73 Å². The number of rotatable bonds is 1. The second-order valence-electron chi connectivity index (χ2n) is 2.44. The Balaban J connectivity index is 2.82. The van der Waals surface area contributed by atoms with Gasteiger partial charge in [-0.3, -0.25) is 0 Å². The minimum absolute atomic E-state index is 0.528. The molecule has 1 atom stereocenters. The van der Waals surface area contributed by atoms with Gasteiger partial charge in [-0.1, -0.05) is 0 Å². The molecule has 0 spiro atoms. The van der Waals surface area contributed by atoms with Crippen molar-refractivity contribution in [3.63, 3.8) is 0 Å². The summed E-state index contributed by atoms with van der Waals surface area (Å²) in [5.74, 6) is -0.931. The highest BCUT2D eigenvalue weighted by Crippen LogP contribution is 2.30. The molecule has 0 aromatic rings. The maximum absolute atomic E-state index is 10.5. The summed E-state index contributed by atoms with van der Waals surface area (Å²) in [6, 6.07) is 0. The molecular weight excluding hydrogens is 245 g/mol. The van der Waals surface area contributed by atoms with Crippen LogP contribution in [0.5, 0.6) is 0 Å². The molecule has 0 aliphatic heterocycles. The SMILES string of the molecule is NC1(C(=O)O)C=C(I)CC1. The Morgan fingerprint density at radius 3 is 2.70 bits per heavy atom. The van der Waals surface area contributed by atoms with Gasteiger partial charge in [-0.2, -0.15) is 0 Å². The molecule has 1 rings (SSSR count). The first-order chi connectivity index (χ1) is 4.54. The van der Waals surface area contributed by atoms with Gasteiger partial charge in [0.1, 0.15) is 5.54 Å². The predicted octanol–water partition coefficient (Wildman–Crippen LogP) is 0.881. The van der Waals surface area contributed by atoms with Crippen LogP contribution in [0.4, 0.5) is 0 Å². The molecule has 1 aliphatic rings. The molecule has 0 bridgehead atoms. The Morgan fingerprint density at radius 1 is 1.90 bits per heavy atom. The molecule has 0 fully saturated rings. The summed E-state index contributed by atoms with van der Waals surface area (Å²) < 4.78 is 1.04. The van der Waals surface area contributed by atoms with Crippen molar-refractivity contribution in [2.24, 2.45) is 5.73 Å². The molecule has 3 nitrogen and oxygen atoms in total. The third-order valence-electron chi connectivity index (χ3n) is 1.59. The first kappa shape index (κ1) is 8.00. The Morgan fingerprint density at radius 2 is 2.50 bits per heavy atom. The van der Waals surface area contributed by atoms with Gasteiger partial charge in [-0.25, -0.2) is 4.79 Å². The zero-order valence-corrected chi connectivity index (χ0v) is 7.46. The lowest BCUT2D eigenvalue weighted by Gasteiger charge is -2.13. The summed E-state index contributed by atoms with van der Waals surface area (Å²) in [6.07, 6.45) is 2.94. The number of carboxylic acids is 1. The third-order valence-corrected chi connectivity index (χ3v) is 2.44. The molecule has 0 amide bonds. The fourth-order valence-electron chi connectivity index (χ4n) is 0.919. The molecule has 3 N–H and O–H groups in total. The Bertz CT molecular complexity index is 202. The second-order valence-corrected chi connectivity index (χ2v) is 3.82. The number of halogens is 1. The van der Waals surface area contributed by atoms with Crippen molar-refractivity contribution >= 4 is 28.6 Å². The van der Waals surface area contributed by atoms with Gasteiger partial charge in [0.25, 0.3) is 0 Å². The summed E-state index contributed by atoms with van der Waals surface area (Å²) in [4.78, 5) is 10.5. The molecule has 0 aromatic heterocycles. The highest BCUT2D eigenvalue weighted by Gasteiger charge is 2.35. The zero-order chi connectivity index (χ0) is 7.78. The molecule has 0 heterocycles. The molecule has 1 aliphatic carbocycles. The van der Waals surface area contributed by atoms with Gasteiger partial charge in [0, 0.05) is 0 Å². The average Bonchev–Trinajstić information content (AvgIpc) is 2.13. The Kier molecular flexibility index (Phi) is 2.00. The van der Waals surface area contributed by atoms with E-state index in [9.17, 15) is 4.79 Å². The topological polar surface area (TPSA) is 63.3 Å². The third kappa shape index (κ3) is 1.32. The van der Waals surface area contributed by atoms with Crippen molar-refractivity contribution in [3.05, 3.63) is 9.66 Å². The van der Waals surface area contributed by atoms with Gasteiger partial charge in [0.15, 0.2) is 0 Å². The number of aliphatic carboxylic acids is 1. The minimum atomic E-state index is -1.09. The highest BCUT2D eigenvalue weighted by atomic mass is 127. The van der Waals surface area contributed by atoms with Crippen LogP contribution in [0.1, 0.15) is 12.8 Å². The van der Waals surface area contributed by atoms with Crippen molar-refractivity contribution in [3.8, 4) is 0 Å². The fraction of sp³-hybridized carbons (Fsp3) is 0.500. The fourth-order valence-corrected chi connectivity index (χ4v) is 1.74. The first-order valence-electron chi connectivity index (χ1n) is 2.94. The first-order valence-corrected chi connectivity index (χ1v) is 4.02. The van der Waals surface area contributed by atoms with E-state index >= 15 is 0 Å². The van der Waals surface area contributed by atoms with E-state index in [1.807, 2.05) is 0 Å². The molecule has 1 unspecified atom stereocenters. The second kappa shape index (κ2) is 2.50. The minimum Gasteiger partial charge on any atom is -0.480 e. The number of nitrogens with two attached hydrogens (primary N) is 1. The van der Waals surface area contributed by atoms with E-state index < -0.39 is 11.5 Å². The van der Waals surface area contributed by atoms with E-state index in [-0.39, 0.29) is 0 Å². The van der Waals surface area contributed by atoms with Crippen molar-refractivity contribution in [2.75, 3.05) is 0 Å². The van der Waals surface area contributed by atoms with Crippen LogP contribution >= 0.6 is 22.6 Å². The van der Waals surface area contributed by atoms with E-state index in [0.717, 1.165) is 10.0 Å². The largest absolute Gasteiger partial charge is 0.480 e. The van der Waals surface area contributed by atoms with Crippen LogP contribution in [-0.2, 0) is 4.79 Å². The number of carbonyl (C=O) groups is 1. The van der Waals surface area contributed by atoms with E-state index in [1.54, 1.807) is 6.08 Å². The molecule has 0 radical (unpaired) electrons. The molecule has 4 heteroatoms. The summed E-state index contributed by atoms with van der Waals surface area (Å²) in [5, 5.41) is 8.62. The quantitative estimate of drug-likeness (QED) is 0.682. The molecule has 10 heavy (non-hydrogen) atoms. The van der Waals surface area contributed by atoms with Gasteiger partial charge < -0.3 is 10.8 Å². The lowest BCUT2D eigenvalue weighted by Crippen LogP contribution is -2.44. The smallest absolute Gasteiger partial charge is 0.327 e. The van der Waals surface area contributed by atoms with Crippen molar-refractivity contribution in [1.82, 2.24) is 0 Å². The molecular formula is C6H8INO2. The van der Waals surface area contributed by atoms with Crippen LogP contribution in [-0.4, -0.2) is 16.6 Å². The maximum Gasteiger partial charge on any atom is 0.327 e. The highest BCUT2D eigenvalue weighted by molar-refractivity contribution is 14.1. The van der Waals surface area contributed by atoms with E-state index in [1.165, 1.54) is 0 Å². The number of hydrogen-bond acceptors (Lipinski definition) is 2. The van der Waals surface area contributed by atoms with Crippen LogP contribution in [0.2, 0.25) is 0 Å². The summed E-state index contributed by atoms with van der Waals surface area (Å²) >= 11 is 2.11. The number of carboxylic acid groups (broad SMARTS) is 1. The zero-order valence-electron chi connectivity index (χ0n) is 5.30. The average molecular weight is 253 g/mol. The van der Waals surface area contributed by atoms with Crippen molar-refractivity contribution < 1.29 is 9.90 Å². The van der Waals surface area contributed by atoms with Crippen LogP contribution in [0.3, 0.4) is 0 Å². The van der Waals surface area contributed by atoms with Crippen LogP contribution in [0.15, 0.2) is 9.66 Å². The predicted molar refractivity (Wildman–Crippen MR) is 45.9 cm³/mol. The van der Waals surface area contributed by atoms with E-state index in [2.05, 4.69) is 22.6 Å². The summed E-state index contributed by atoms with van der Waals surface area (Å²) in [7, 11) is 0. The van der Waals surface area contributed by atoms with Crippen LogP contribution in [0, 0.1) is 0 Å². The van der Waals surface area contributed by atoms with Gasteiger partial charge in [0.05, 0.1) is 0 Å². The molecule has 0 saturated heterocycles. The summed E-state index contributed by atoms with van der Waals surface area (Å²) in [5.41, 5.74) is 4.42. The molecule has 56 valence electrons. The van der Waals surface area contributed by atoms with Crippen LogP contribution in [0.25, 0.3) is 0 Å². The lowest BCUT2D eigenvalue weighted by atomic mass is 10.0. The standard InChI is InChI=1S/C6H8INO2/c7-4-1-2-6(8,3-4)5(9)10/h3H,1-2,8H2,(H,9,10). The summed E-state index contributed by atoms with van der Waals surface area (Å²) in [6.45, 7) is 0. The van der Waals surface area contributed by atoms with E-state index in [4.69, 9.17) is 10.8 Å².